The first-order chi connectivity index (χ1) is 18.4. The summed E-state index contributed by atoms with van der Waals surface area (Å²) in [5.74, 6) is -3.44. The Balaban J connectivity index is 1.75. The van der Waals surface area contributed by atoms with Crippen LogP contribution in [0.25, 0.3) is 12.2 Å². The van der Waals surface area contributed by atoms with Crippen LogP contribution in [0.3, 0.4) is 0 Å². The summed E-state index contributed by atoms with van der Waals surface area (Å²) in [5, 5.41) is 50.0. The maximum Gasteiger partial charge on any atom is 0.335 e. The Morgan fingerprint density at radius 1 is 0.846 bits per heavy atom. The zero-order chi connectivity index (χ0) is 28.7. The third kappa shape index (κ3) is 7.27. The molecule has 39 heavy (non-hydrogen) atoms. The van der Waals surface area contributed by atoms with Crippen molar-refractivity contribution in [2.75, 3.05) is 14.2 Å². The number of hydrogen-bond acceptors (Lipinski definition) is 11. The molecule has 0 unspecified atom stereocenters. The molecule has 1 aliphatic carbocycles. The summed E-state index contributed by atoms with van der Waals surface area (Å²) >= 11 is 0. The van der Waals surface area contributed by atoms with E-state index in [-0.39, 0.29) is 23.0 Å². The minimum absolute atomic E-state index is 0.101. The second-order valence-electron chi connectivity index (χ2n) is 8.72. The molecule has 1 saturated carbocycles. The van der Waals surface area contributed by atoms with Crippen molar-refractivity contribution in [3.05, 3.63) is 59.7 Å². The van der Waals surface area contributed by atoms with E-state index in [0.29, 0.717) is 11.1 Å². The van der Waals surface area contributed by atoms with E-state index in [1.54, 1.807) is 6.07 Å². The lowest BCUT2D eigenvalue weighted by Gasteiger charge is -2.40. The summed E-state index contributed by atoms with van der Waals surface area (Å²) < 4.78 is 20.5. The molecule has 0 aliphatic heterocycles. The lowest BCUT2D eigenvalue weighted by atomic mass is 9.79. The molecule has 3 rings (SSSR count). The van der Waals surface area contributed by atoms with Gasteiger partial charge in [0.25, 0.3) is 0 Å². The molecule has 0 aromatic heterocycles. The van der Waals surface area contributed by atoms with Crippen molar-refractivity contribution < 1.29 is 58.9 Å². The van der Waals surface area contributed by atoms with E-state index in [4.69, 9.17) is 18.9 Å². The van der Waals surface area contributed by atoms with Gasteiger partial charge in [0.05, 0.1) is 20.3 Å². The van der Waals surface area contributed by atoms with Crippen LogP contribution in [0.5, 0.6) is 23.0 Å². The van der Waals surface area contributed by atoms with Crippen LogP contribution in [-0.4, -0.2) is 81.6 Å². The zero-order valence-corrected chi connectivity index (χ0v) is 21.0. The maximum atomic E-state index is 12.5. The third-order valence-electron chi connectivity index (χ3n) is 5.98. The van der Waals surface area contributed by atoms with Gasteiger partial charge < -0.3 is 44.5 Å². The monoisotopic (exact) mass is 544 g/mol. The Morgan fingerprint density at radius 2 is 1.44 bits per heavy atom. The van der Waals surface area contributed by atoms with Crippen molar-refractivity contribution in [2.24, 2.45) is 0 Å². The number of ether oxygens (including phenoxy) is 4. The van der Waals surface area contributed by atoms with Gasteiger partial charge in [-0.25, -0.2) is 14.4 Å². The first kappa shape index (κ1) is 29.0. The highest BCUT2D eigenvalue weighted by Crippen LogP contribution is 2.34. The Hall–Kier alpha value is -4.55. The van der Waals surface area contributed by atoms with Crippen molar-refractivity contribution >= 4 is 30.1 Å². The molecular weight excluding hydrogens is 516 g/mol. The molecule has 0 amide bonds. The Kier molecular flexibility index (Phi) is 9.17. The summed E-state index contributed by atoms with van der Waals surface area (Å²) in [6.07, 6.45) is -1.34. The fraction of sp³-hybridized carbons (Fsp3) is 0.296. The summed E-state index contributed by atoms with van der Waals surface area (Å²) in [7, 11) is 2.74. The van der Waals surface area contributed by atoms with Crippen LogP contribution in [0.1, 0.15) is 24.0 Å². The summed E-state index contributed by atoms with van der Waals surface area (Å²) in [4.78, 5) is 36.6. The van der Waals surface area contributed by atoms with Crippen LogP contribution in [0, 0.1) is 0 Å². The summed E-state index contributed by atoms with van der Waals surface area (Å²) in [6.45, 7) is 0. The van der Waals surface area contributed by atoms with Gasteiger partial charge in [-0.15, -0.1) is 0 Å². The average Bonchev–Trinajstić information content (AvgIpc) is 2.89. The molecule has 12 nitrogen and oxygen atoms in total. The number of phenols is 2. The predicted molar refractivity (Wildman–Crippen MR) is 135 cm³/mol. The maximum absolute atomic E-state index is 12.5. The van der Waals surface area contributed by atoms with Crippen LogP contribution in [0.15, 0.2) is 48.6 Å². The molecule has 12 heteroatoms. The van der Waals surface area contributed by atoms with Crippen LogP contribution in [0.2, 0.25) is 0 Å². The number of aliphatic carboxylic acids is 1. The number of rotatable bonds is 9. The first-order valence-electron chi connectivity index (χ1n) is 11.6. The molecular formula is C27H28O12. The number of hydrogen-bond donors (Lipinski definition) is 5. The quantitative estimate of drug-likeness (QED) is 0.227. The number of esters is 2. The van der Waals surface area contributed by atoms with Crippen molar-refractivity contribution in [1.82, 2.24) is 0 Å². The number of carbonyl (C=O) groups is 3. The Morgan fingerprint density at radius 3 is 2.03 bits per heavy atom. The van der Waals surface area contributed by atoms with Crippen molar-refractivity contribution in [2.45, 2.75) is 36.8 Å². The van der Waals surface area contributed by atoms with E-state index < -0.39 is 54.7 Å². The lowest BCUT2D eigenvalue weighted by Crippen LogP contribution is -2.58. The number of aliphatic hydroxyl groups is 2. The molecule has 0 saturated heterocycles. The molecule has 208 valence electrons. The number of carboxylic acids is 1. The van der Waals surface area contributed by atoms with Gasteiger partial charge in [0.1, 0.15) is 6.10 Å². The molecule has 2 aromatic rings. The standard InChI is InChI=1S/C27H28O12/c1-36-20-8-4-15(11-18(20)29)5-9-23(31)38-22-14-27(35,26(33)34)13-19(30)25(22)39-24(32)10-6-16-3-7-17(28)21(12-16)37-2/h3-12,19,22,25,28-30,35H,13-14H2,1-2H3,(H,33,34)/b9-5+,10-6+/t19-,22-,25-,27+/m0/s1. The average molecular weight is 545 g/mol. The smallest absolute Gasteiger partial charge is 0.335 e. The van der Waals surface area contributed by atoms with E-state index in [9.17, 15) is 39.9 Å². The predicted octanol–water partition coefficient (Wildman–Crippen LogP) is 1.64. The van der Waals surface area contributed by atoms with Gasteiger partial charge in [-0.1, -0.05) is 12.1 Å². The van der Waals surface area contributed by atoms with Gasteiger partial charge in [0.15, 0.2) is 34.7 Å². The van der Waals surface area contributed by atoms with E-state index in [1.165, 1.54) is 56.7 Å². The molecule has 0 bridgehead atoms. The SMILES string of the molecule is COc1ccc(/C=C/C(=O)O[C@H]2C[C@@](O)(C(=O)O)C[C@H](O)[C@@H]2OC(=O)/C=C/c2ccc(O)c(OC)c2)cc1O. The minimum atomic E-state index is -2.43. The molecule has 0 heterocycles. The van der Waals surface area contributed by atoms with Gasteiger partial charge in [-0.2, -0.15) is 0 Å². The molecule has 5 N–H and O–H groups in total. The van der Waals surface area contributed by atoms with Gasteiger partial charge in [-0.3, -0.25) is 0 Å². The lowest BCUT2D eigenvalue weighted by molar-refractivity contribution is -0.204. The molecule has 4 atom stereocenters. The Bertz CT molecular complexity index is 1280. The zero-order valence-electron chi connectivity index (χ0n) is 21.0. The van der Waals surface area contributed by atoms with E-state index in [1.807, 2.05) is 0 Å². The highest BCUT2D eigenvalue weighted by molar-refractivity contribution is 5.88. The van der Waals surface area contributed by atoms with Gasteiger partial charge in [0, 0.05) is 25.0 Å². The first-order valence-corrected chi connectivity index (χ1v) is 11.6. The number of carboxylic acid groups (broad SMARTS) is 1. The van der Waals surface area contributed by atoms with Crippen molar-refractivity contribution in [3.8, 4) is 23.0 Å². The number of phenolic OH excluding ortho intramolecular Hbond substituents is 2. The summed E-state index contributed by atoms with van der Waals surface area (Å²) in [5.41, 5.74) is -1.55. The normalized spacial score (nSPS) is 22.9. The van der Waals surface area contributed by atoms with Gasteiger partial charge in [-0.05, 0) is 47.5 Å². The largest absolute Gasteiger partial charge is 0.504 e. The number of aromatic hydroxyl groups is 2. The molecule has 0 spiro atoms. The van der Waals surface area contributed by atoms with Gasteiger partial charge in [0.2, 0.25) is 0 Å². The molecule has 0 radical (unpaired) electrons. The topological polar surface area (TPSA) is 189 Å². The second-order valence-corrected chi connectivity index (χ2v) is 8.72. The highest BCUT2D eigenvalue weighted by Gasteiger charge is 2.52. The van der Waals surface area contributed by atoms with E-state index in [0.717, 1.165) is 12.2 Å². The van der Waals surface area contributed by atoms with Crippen LogP contribution in [-0.2, 0) is 23.9 Å². The third-order valence-corrected chi connectivity index (χ3v) is 5.98. The number of benzene rings is 2. The number of aliphatic hydroxyl groups excluding tert-OH is 1. The number of methoxy groups -OCH3 is 2. The van der Waals surface area contributed by atoms with E-state index >= 15 is 0 Å². The van der Waals surface area contributed by atoms with Gasteiger partial charge >= 0.3 is 17.9 Å². The fourth-order valence-electron chi connectivity index (χ4n) is 3.98. The van der Waals surface area contributed by atoms with Crippen LogP contribution < -0.4 is 9.47 Å². The van der Waals surface area contributed by atoms with Crippen LogP contribution in [0.4, 0.5) is 0 Å². The van der Waals surface area contributed by atoms with Crippen molar-refractivity contribution in [3.63, 3.8) is 0 Å². The minimum Gasteiger partial charge on any atom is -0.504 e. The highest BCUT2D eigenvalue weighted by atomic mass is 16.6. The molecule has 1 fully saturated rings. The van der Waals surface area contributed by atoms with E-state index in [2.05, 4.69) is 0 Å². The second kappa shape index (κ2) is 12.3. The molecule has 2 aromatic carbocycles. The van der Waals surface area contributed by atoms with Crippen LogP contribution >= 0.6 is 0 Å². The van der Waals surface area contributed by atoms with Crippen molar-refractivity contribution in [1.29, 1.82) is 0 Å². The Labute approximate surface area is 222 Å². The fourth-order valence-corrected chi connectivity index (χ4v) is 3.98. The summed E-state index contributed by atoms with van der Waals surface area (Å²) in [6, 6.07) is 8.68. The molecule has 1 aliphatic rings. The number of carbonyl (C=O) groups excluding carboxylic acids is 2.